The number of nitrogens with one attached hydrogen (secondary N) is 2. The smallest absolute Gasteiger partial charge is 0.247 e. The molecule has 5 rings (SSSR count). The molecule has 2 aromatic heterocycles. The van der Waals surface area contributed by atoms with Gasteiger partial charge in [0.2, 0.25) is 5.91 Å². The minimum atomic E-state index is -0.350. The number of amides is 1. The van der Waals surface area contributed by atoms with E-state index in [-0.39, 0.29) is 17.8 Å². The number of halogens is 1. The number of aromatic nitrogens is 2. The van der Waals surface area contributed by atoms with E-state index in [2.05, 4.69) is 27.1 Å². The fourth-order valence-electron chi connectivity index (χ4n) is 4.49. The van der Waals surface area contributed by atoms with Crippen LogP contribution in [-0.4, -0.2) is 53.5 Å². The van der Waals surface area contributed by atoms with Crippen LogP contribution in [-0.2, 0) is 4.79 Å². The first-order valence-electron chi connectivity index (χ1n) is 11.9. The topological polar surface area (TPSA) is 80.1 Å². The van der Waals surface area contributed by atoms with Gasteiger partial charge in [-0.1, -0.05) is 18.7 Å². The quantitative estimate of drug-likeness (QED) is 0.327. The Morgan fingerprint density at radius 3 is 2.78 bits per heavy atom. The fourth-order valence-corrected chi connectivity index (χ4v) is 4.49. The summed E-state index contributed by atoms with van der Waals surface area (Å²) in [4.78, 5) is 18.9. The van der Waals surface area contributed by atoms with Gasteiger partial charge in [0, 0.05) is 37.0 Å². The van der Waals surface area contributed by atoms with Crippen molar-refractivity contribution in [3.63, 3.8) is 0 Å². The van der Waals surface area contributed by atoms with Gasteiger partial charge in [-0.2, -0.15) is 0 Å². The third-order valence-corrected chi connectivity index (χ3v) is 6.34. The molecular formula is C28H28FN5O3. The molecule has 0 radical (unpaired) electrons. The Hall–Kier alpha value is -4.37. The van der Waals surface area contributed by atoms with Crippen LogP contribution in [0.5, 0.6) is 11.5 Å². The summed E-state index contributed by atoms with van der Waals surface area (Å²) in [5, 5.41) is 6.12. The van der Waals surface area contributed by atoms with Crippen molar-refractivity contribution in [3.05, 3.63) is 79.5 Å². The third-order valence-electron chi connectivity index (χ3n) is 6.34. The molecule has 1 saturated heterocycles. The number of hydrogen-bond acceptors (Lipinski definition) is 6. The van der Waals surface area contributed by atoms with E-state index in [1.807, 2.05) is 35.8 Å². The lowest BCUT2D eigenvalue weighted by Gasteiger charge is -2.20. The molecule has 1 fully saturated rings. The van der Waals surface area contributed by atoms with E-state index in [4.69, 9.17) is 9.47 Å². The lowest BCUT2D eigenvalue weighted by Crippen LogP contribution is -2.22. The van der Waals surface area contributed by atoms with Crippen molar-refractivity contribution in [1.29, 1.82) is 0 Å². The van der Waals surface area contributed by atoms with Gasteiger partial charge >= 0.3 is 0 Å². The molecule has 3 heterocycles. The molecule has 1 amide bonds. The van der Waals surface area contributed by atoms with Gasteiger partial charge < -0.3 is 29.4 Å². The predicted molar refractivity (Wildman–Crippen MR) is 142 cm³/mol. The van der Waals surface area contributed by atoms with Crippen molar-refractivity contribution >= 4 is 28.6 Å². The number of anilines is 3. The zero-order valence-corrected chi connectivity index (χ0v) is 20.7. The van der Waals surface area contributed by atoms with E-state index in [1.165, 1.54) is 18.2 Å². The molecule has 1 atom stereocenters. The maximum Gasteiger partial charge on any atom is 0.247 e. The number of nitrogens with zero attached hydrogens (tertiary/aromatic N) is 3. The Balaban J connectivity index is 1.50. The monoisotopic (exact) mass is 501 g/mol. The molecule has 2 N–H and O–H groups in total. The zero-order chi connectivity index (χ0) is 25.9. The molecule has 0 bridgehead atoms. The first-order valence-corrected chi connectivity index (χ1v) is 11.9. The highest BCUT2D eigenvalue weighted by Gasteiger charge is 2.23. The molecule has 4 aromatic rings. The van der Waals surface area contributed by atoms with E-state index in [0.29, 0.717) is 28.7 Å². The van der Waals surface area contributed by atoms with E-state index < -0.39 is 0 Å². The molecule has 0 spiro atoms. The van der Waals surface area contributed by atoms with Crippen LogP contribution in [0.25, 0.3) is 16.6 Å². The Morgan fingerprint density at radius 2 is 2.05 bits per heavy atom. The predicted octanol–water partition coefficient (Wildman–Crippen LogP) is 5.10. The Morgan fingerprint density at radius 1 is 1.19 bits per heavy atom. The normalized spacial score (nSPS) is 15.5. The second kappa shape index (κ2) is 10.3. The number of hydrogen-bond donors (Lipinski definition) is 2. The molecule has 9 heteroatoms. The Bertz CT molecular complexity index is 1470. The summed E-state index contributed by atoms with van der Waals surface area (Å²) < 4.78 is 27.6. The van der Waals surface area contributed by atoms with E-state index >= 15 is 0 Å². The maximum atomic E-state index is 13.8. The number of fused-ring (bicyclic) bond motifs is 1. The molecule has 1 aliphatic heterocycles. The molecule has 8 nitrogen and oxygen atoms in total. The lowest BCUT2D eigenvalue weighted by molar-refractivity contribution is -0.111. The van der Waals surface area contributed by atoms with Crippen molar-refractivity contribution in [2.75, 3.05) is 37.9 Å². The number of rotatable bonds is 8. The van der Waals surface area contributed by atoms with Gasteiger partial charge in [0.15, 0.2) is 0 Å². The molecule has 2 aromatic carbocycles. The van der Waals surface area contributed by atoms with Crippen LogP contribution in [0.1, 0.15) is 6.42 Å². The zero-order valence-electron chi connectivity index (χ0n) is 20.7. The summed E-state index contributed by atoms with van der Waals surface area (Å²) in [6, 6.07) is 13.8. The summed E-state index contributed by atoms with van der Waals surface area (Å²) in [5.41, 5.74) is 3.58. The summed E-state index contributed by atoms with van der Waals surface area (Å²) >= 11 is 0. The highest BCUT2D eigenvalue weighted by molar-refractivity contribution is 6.00. The van der Waals surface area contributed by atoms with Crippen LogP contribution >= 0.6 is 0 Å². The van der Waals surface area contributed by atoms with Gasteiger partial charge in [-0.05, 0) is 49.4 Å². The molecular weight excluding hydrogens is 473 g/mol. The minimum absolute atomic E-state index is 0.00702. The van der Waals surface area contributed by atoms with E-state index in [9.17, 15) is 9.18 Å². The van der Waals surface area contributed by atoms with Crippen molar-refractivity contribution in [2.24, 2.45) is 0 Å². The molecule has 1 aliphatic rings. The van der Waals surface area contributed by atoms with Gasteiger partial charge in [-0.15, -0.1) is 0 Å². The summed E-state index contributed by atoms with van der Waals surface area (Å²) in [6.45, 7) is 5.29. The highest BCUT2D eigenvalue weighted by atomic mass is 19.1. The number of likely N-dealkylation sites (N-methyl/N-ethyl adjacent to an activating group) is 1. The number of methoxy groups -OCH3 is 1. The second-order valence-electron chi connectivity index (χ2n) is 8.96. The van der Waals surface area contributed by atoms with Crippen LogP contribution in [0.4, 0.5) is 21.6 Å². The van der Waals surface area contributed by atoms with Gasteiger partial charge in [-0.25, -0.2) is 9.37 Å². The molecule has 0 saturated carbocycles. The standard InChI is InChI=1S/C28H28FN5O3/c1-4-28(35)32-23-13-22(25(36-3)15-26(23)37-20-8-10-33(2)16-20)31-27-14-24-21(9-11-34(24)17-30-27)18-6-5-7-19(29)12-18/h4-7,9,11-15,17,20,31H,1,8,10,16H2,2-3H3,(H,32,35). The molecule has 190 valence electrons. The fraction of sp³-hybridized carbons (Fsp3) is 0.214. The second-order valence-corrected chi connectivity index (χ2v) is 8.96. The number of carbonyl (C=O) groups excluding carboxylic acids is 1. The molecule has 37 heavy (non-hydrogen) atoms. The van der Waals surface area contributed by atoms with Crippen LogP contribution in [0.15, 0.2) is 73.7 Å². The summed E-state index contributed by atoms with van der Waals surface area (Å²) in [7, 11) is 3.62. The summed E-state index contributed by atoms with van der Waals surface area (Å²) in [6.07, 6.45) is 5.67. The molecule has 0 aliphatic carbocycles. The van der Waals surface area contributed by atoms with E-state index in [0.717, 1.165) is 36.2 Å². The largest absolute Gasteiger partial charge is 0.494 e. The van der Waals surface area contributed by atoms with Gasteiger partial charge in [0.05, 0.1) is 24.0 Å². The Kier molecular flexibility index (Phi) is 6.78. The van der Waals surface area contributed by atoms with Crippen molar-refractivity contribution in [3.8, 4) is 22.6 Å². The summed E-state index contributed by atoms with van der Waals surface area (Å²) in [5.74, 6) is 0.947. The molecule has 1 unspecified atom stereocenters. The van der Waals surface area contributed by atoms with Crippen molar-refractivity contribution in [2.45, 2.75) is 12.5 Å². The highest BCUT2D eigenvalue weighted by Crippen LogP contribution is 2.39. The van der Waals surface area contributed by atoms with E-state index in [1.54, 1.807) is 31.6 Å². The van der Waals surface area contributed by atoms with Gasteiger partial charge in [0.1, 0.15) is 35.6 Å². The average Bonchev–Trinajstić information content (AvgIpc) is 3.50. The van der Waals surface area contributed by atoms with Gasteiger partial charge in [0.25, 0.3) is 0 Å². The van der Waals surface area contributed by atoms with Gasteiger partial charge in [-0.3, -0.25) is 4.79 Å². The maximum absolute atomic E-state index is 13.8. The van der Waals surface area contributed by atoms with Crippen molar-refractivity contribution < 1.29 is 18.7 Å². The number of benzene rings is 2. The Labute approximate surface area is 214 Å². The first kappa shape index (κ1) is 24.3. The lowest BCUT2D eigenvalue weighted by atomic mass is 10.1. The van der Waals surface area contributed by atoms with Crippen LogP contribution in [0, 0.1) is 5.82 Å². The first-order chi connectivity index (χ1) is 17.9. The third kappa shape index (κ3) is 5.26. The van der Waals surface area contributed by atoms with Crippen LogP contribution in [0.3, 0.4) is 0 Å². The number of ether oxygens (including phenoxy) is 2. The SMILES string of the molecule is C=CC(=O)Nc1cc(Nc2cc3c(-c4cccc(F)c4)ccn3cn2)c(OC)cc1OC1CCN(C)C1. The van der Waals surface area contributed by atoms with Crippen molar-refractivity contribution in [1.82, 2.24) is 14.3 Å². The number of carbonyl (C=O) groups is 1. The minimum Gasteiger partial charge on any atom is -0.494 e. The van der Waals surface area contributed by atoms with Crippen LogP contribution < -0.4 is 20.1 Å². The van der Waals surface area contributed by atoms with Crippen LogP contribution in [0.2, 0.25) is 0 Å². The average molecular weight is 502 g/mol. The number of likely N-dealkylation sites (tertiary alicyclic amines) is 1.